The number of aromatic hydroxyl groups is 4. The first-order valence-electron chi connectivity index (χ1n) is 9.70. The molecule has 1 aliphatic heterocycles. The number of carbonyl (C=O) groups excluding carboxylic acids is 1. The van der Waals surface area contributed by atoms with E-state index in [1.165, 1.54) is 6.07 Å². The molecule has 0 fully saturated rings. The highest BCUT2D eigenvalue weighted by molar-refractivity contribution is 6.02. The number of allylic oxidation sites excluding steroid dienone is 3. The molecule has 1 heterocycles. The summed E-state index contributed by atoms with van der Waals surface area (Å²) in [5.41, 5.74) is 3.44. The molecule has 0 aromatic heterocycles. The summed E-state index contributed by atoms with van der Waals surface area (Å²) in [4.78, 5) is 12.7. The Morgan fingerprint density at radius 3 is 2.37 bits per heavy atom. The van der Waals surface area contributed by atoms with Crippen molar-refractivity contribution in [3.63, 3.8) is 0 Å². The number of rotatable bonds is 4. The number of phenols is 4. The second-order valence-electron chi connectivity index (χ2n) is 8.01. The minimum absolute atomic E-state index is 0.0300. The van der Waals surface area contributed by atoms with Gasteiger partial charge in [-0.3, -0.25) is 4.79 Å². The van der Waals surface area contributed by atoms with Crippen molar-refractivity contribution < 1.29 is 30.0 Å². The van der Waals surface area contributed by atoms with Gasteiger partial charge in [-0.2, -0.15) is 0 Å². The normalized spacial score (nSPS) is 15.2. The summed E-state index contributed by atoms with van der Waals surface area (Å²) in [6, 6.07) is 4.09. The number of hydrogen-bond acceptors (Lipinski definition) is 6. The van der Waals surface area contributed by atoms with Crippen molar-refractivity contribution in [1.82, 2.24) is 0 Å². The first-order valence-corrected chi connectivity index (χ1v) is 9.70. The molecule has 0 amide bonds. The van der Waals surface area contributed by atoms with Gasteiger partial charge in [0.1, 0.15) is 28.9 Å². The molecule has 3 rings (SSSR count). The van der Waals surface area contributed by atoms with Crippen LogP contribution in [0.1, 0.15) is 67.3 Å². The van der Waals surface area contributed by atoms with E-state index < -0.39 is 6.10 Å². The van der Waals surface area contributed by atoms with E-state index in [4.69, 9.17) is 4.74 Å². The van der Waals surface area contributed by atoms with E-state index in [0.717, 1.165) is 17.2 Å². The Balaban J connectivity index is 2.18. The van der Waals surface area contributed by atoms with Crippen LogP contribution in [0.4, 0.5) is 0 Å². The fourth-order valence-corrected chi connectivity index (χ4v) is 3.57. The fraction of sp³-hybridized carbons (Fsp3) is 0.292. The minimum atomic E-state index is -0.748. The van der Waals surface area contributed by atoms with Gasteiger partial charge in [0.25, 0.3) is 0 Å². The molecule has 4 N–H and O–H groups in total. The minimum Gasteiger partial charge on any atom is -0.508 e. The van der Waals surface area contributed by atoms with Gasteiger partial charge < -0.3 is 25.2 Å². The standard InChI is InChI=1S/C24H26O6/c1-12(2)5-6-16-17(8-14(7-13(3)4)23(28)24(16)29)20-11-19(27)22-18(26)9-15(25)10-21(22)30-20/h5,7-10,20,25-26,28-29H,6,11H2,1-4H3/t20-/m0/s1. The largest absolute Gasteiger partial charge is 0.508 e. The molecule has 2 aromatic rings. The van der Waals surface area contributed by atoms with Gasteiger partial charge in [-0.15, -0.1) is 0 Å². The lowest BCUT2D eigenvalue weighted by atomic mass is 9.89. The predicted molar refractivity (Wildman–Crippen MR) is 114 cm³/mol. The summed E-state index contributed by atoms with van der Waals surface area (Å²) >= 11 is 0. The van der Waals surface area contributed by atoms with Crippen molar-refractivity contribution in [1.29, 1.82) is 0 Å². The molecule has 2 aromatic carbocycles. The number of hydrogen-bond donors (Lipinski definition) is 4. The lowest BCUT2D eigenvalue weighted by Crippen LogP contribution is -2.21. The highest BCUT2D eigenvalue weighted by atomic mass is 16.5. The Kier molecular flexibility index (Phi) is 5.78. The molecular formula is C24H26O6. The fourth-order valence-electron chi connectivity index (χ4n) is 3.57. The molecule has 0 aliphatic carbocycles. The van der Waals surface area contributed by atoms with Gasteiger partial charge >= 0.3 is 0 Å². The van der Waals surface area contributed by atoms with Crippen molar-refractivity contribution in [2.75, 3.05) is 0 Å². The summed E-state index contributed by atoms with van der Waals surface area (Å²) in [6.07, 6.45) is 3.20. The number of carbonyl (C=O) groups is 1. The van der Waals surface area contributed by atoms with Crippen LogP contribution >= 0.6 is 0 Å². The molecule has 0 radical (unpaired) electrons. The molecule has 0 spiro atoms. The first kappa shape index (κ1) is 21.3. The summed E-state index contributed by atoms with van der Waals surface area (Å²) < 4.78 is 5.98. The van der Waals surface area contributed by atoms with Crippen LogP contribution in [-0.4, -0.2) is 26.2 Å². The van der Waals surface area contributed by atoms with Crippen molar-refractivity contribution in [2.24, 2.45) is 0 Å². The third-order valence-electron chi connectivity index (χ3n) is 4.93. The Morgan fingerprint density at radius 2 is 1.73 bits per heavy atom. The van der Waals surface area contributed by atoms with Crippen molar-refractivity contribution >= 4 is 11.9 Å². The summed E-state index contributed by atoms with van der Waals surface area (Å²) in [5, 5.41) is 41.1. The van der Waals surface area contributed by atoms with Gasteiger partial charge in [-0.05, 0) is 40.2 Å². The van der Waals surface area contributed by atoms with E-state index in [9.17, 15) is 25.2 Å². The lowest BCUT2D eigenvalue weighted by molar-refractivity contribution is 0.0843. The molecule has 6 heteroatoms. The van der Waals surface area contributed by atoms with Crippen LogP contribution < -0.4 is 4.74 Å². The van der Waals surface area contributed by atoms with E-state index in [-0.39, 0.29) is 46.5 Å². The molecular weight excluding hydrogens is 384 g/mol. The molecule has 30 heavy (non-hydrogen) atoms. The van der Waals surface area contributed by atoms with Gasteiger partial charge in [0.2, 0.25) is 0 Å². The van der Waals surface area contributed by atoms with E-state index in [0.29, 0.717) is 23.1 Å². The summed E-state index contributed by atoms with van der Waals surface area (Å²) in [7, 11) is 0. The molecule has 1 aliphatic rings. The van der Waals surface area contributed by atoms with Gasteiger partial charge in [0.15, 0.2) is 17.3 Å². The van der Waals surface area contributed by atoms with Crippen molar-refractivity contribution in [2.45, 2.75) is 46.6 Å². The molecule has 6 nitrogen and oxygen atoms in total. The average Bonchev–Trinajstić information content (AvgIpc) is 2.63. The van der Waals surface area contributed by atoms with Crippen molar-refractivity contribution in [3.05, 3.63) is 57.7 Å². The third kappa shape index (κ3) is 4.13. The van der Waals surface area contributed by atoms with Gasteiger partial charge in [-0.1, -0.05) is 23.3 Å². The van der Waals surface area contributed by atoms with Crippen LogP contribution in [0.5, 0.6) is 28.7 Å². The zero-order valence-corrected chi connectivity index (χ0v) is 17.5. The second-order valence-corrected chi connectivity index (χ2v) is 8.01. The van der Waals surface area contributed by atoms with Crippen LogP contribution in [-0.2, 0) is 6.42 Å². The molecule has 0 saturated carbocycles. The highest BCUT2D eigenvalue weighted by Crippen LogP contribution is 2.45. The summed E-state index contributed by atoms with van der Waals surface area (Å²) in [5.74, 6) is -1.28. The Bertz CT molecular complexity index is 1070. The molecule has 1 atom stereocenters. The zero-order valence-electron chi connectivity index (χ0n) is 17.5. The number of ketones is 1. The average molecular weight is 410 g/mol. The third-order valence-corrected chi connectivity index (χ3v) is 4.93. The van der Waals surface area contributed by atoms with Gasteiger partial charge in [0.05, 0.1) is 6.42 Å². The van der Waals surface area contributed by atoms with Crippen LogP contribution in [0, 0.1) is 0 Å². The number of benzene rings is 2. The molecule has 0 bridgehead atoms. The smallest absolute Gasteiger partial charge is 0.174 e. The SMILES string of the molecule is CC(C)=CCc1c([C@@H]2CC(=O)c3c(O)cc(O)cc3O2)cc(C=C(C)C)c(O)c1O. The monoisotopic (exact) mass is 410 g/mol. The number of ether oxygens (including phenoxy) is 1. The summed E-state index contributed by atoms with van der Waals surface area (Å²) in [6.45, 7) is 7.60. The molecule has 0 unspecified atom stereocenters. The predicted octanol–water partition coefficient (Wildman–Crippen LogP) is 5.15. The van der Waals surface area contributed by atoms with E-state index in [2.05, 4.69) is 0 Å². The first-order chi connectivity index (χ1) is 14.1. The van der Waals surface area contributed by atoms with Crippen LogP contribution in [0.25, 0.3) is 6.08 Å². The van der Waals surface area contributed by atoms with E-state index in [1.807, 2.05) is 33.8 Å². The zero-order chi connectivity index (χ0) is 22.2. The van der Waals surface area contributed by atoms with Crippen LogP contribution in [0.3, 0.4) is 0 Å². The quantitative estimate of drug-likeness (QED) is 0.410. The maximum atomic E-state index is 12.7. The lowest BCUT2D eigenvalue weighted by Gasteiger charge is -2.28. The Hall–Kier alpha value is -3.41. The molecule has 158 valence electrons. The van der Waals surface area contributed by atoms with Crippen LogP contribution in [0.15, 0.2) is 35.4 Å². The van der Waals surface area contributed by atoms with E-state index in [1.54, 1.807) is 12.1 Å². The number of phenolic OH excluding ortho intramolecular Hbond substituents is 4. The second kappa shape index (κ2) is 8.14. The molecule has 0 saturated heterocycles. The van der Waals surface area contributed by atoms with Crippen LogP contribution in [0.2, 0.25) is 0 Å². The topological polar surface area (TPSA) is 107 Å². The Labute approximate surface area is 175 Å². The number of Topliss-reactive ketones (excluding diaryl/α,β-unsaturated/α-hetero) is 1. The van der Waals surface area contributed by atoms with E-state index >= 15 is 0 Å². The highest BCUT2D eigenvalue weighted by Gasteiger charge is 2.33. The maximum Gasteiger partial charge on any atom is 0.174 e. The van der Waals surface area contributed by atoms with Gasteiger partial charge in [0, 0.05) is 28.8 Å². The maximum absolute atomic E-state index is 12.7. The van der Waals surface area contributed by atoms with Gasteiger partial charge in [-0.25, -0.2) is 0 Å². The van der Waals surface area contributed by atoms with Crippen molar-refractivity contribution in [3.8, 4) is 28.7 Å². The number of fused-ring (bicyclic) bond motifs is 1. The Morgan fingerprint density at radius 1 is 1.03 bits per heavy atom.